The molecule has 2 fully saturated rings. The monoisotopic (exact) mass is 351 g/mol. The maximum Gasteiger partial charge on any atom is 0.0377 e. The fourth-order valence-electron chi connectivity index (χ4n) is 3.60. The maximum absolute atomic E-state index is 5.73. The summed E-state index contributed by atoms with van der Waals surface area (Å²) in [5, 5.41) is 0. The number of hydrogen-bond acceptors (Lipinski definition) is 3. The number of anilines is 1. The number of piperidine rings is 1. The van der Waals surface area contributed by atoms with Gasteiger partial charge in [-0.2, -0.15) is 0 Å². The number of nitrogens with two attached hydrogens (primary N) is 1. The Balaban J connectivity index is 1.54. The lowest BCUT2D eigenvalue weighted by Crippen LogP contribution is -2.38. The van der Waals surface area contributed by atoms with Crippen molar-refractivity contribution in [1.29, 1.82) is 0 Å². The molecule has 3 rings (SSSR count). The molecule has 0 amide bonds. The van der Waals surface area contributed by atoms with Gasteiger partial charge in [0.15, 0.2) is 0 Å². The first-order chi connectivity index (χ1) is 10.3. The zero-order chi connectivity index (χ0) is 14.7. The quantitative estimate of drug-likeness (QED) is 0.903. The Hall–Kier alpha value is -0.580. The van der Waals surface area contributed by atoms with Crippen LogP contribution in [0.5, 0.6) is 0 Å². The van der Waals surface area contributed by atoms with E-state index in [-0.39, 0.29) is 0 Å². The van der Waals surface area contributed by atoms with Crippen LogP contribution in [0.4, 0.5) is 5.69 Å². The first-order valence-corrected chi connectivity index (χ1v) is 9.01. The zero-order valence-electron chi connectivity index (χ0n) is 12.7. The number of nitrogens with zero attached hydrogens (tertiary/aromatic N) is 2. The van der Waals surface area contributed by atoms with Gasteiger partial charge < -0.3 is 15.5 Å². The molecule has 0 aliphatic carbocycles. The lowest BCUT2D eigenvalue weighted by molar-refractivity contribution is 0.249. The molecule has 0 atom stereocenters. The van der Waals surface area contributed by atoms with Crippen molar-refractivity contribution in [2.75, 3.05) is 37.6 Å². The molecule has 2 aliphatic heterocycles. The van der Waals surface area contributed by atoms with Crippen molar-refractivity contribution in [2.45, 2.75) is 32.2 Å². The summed E-state index contributed by atoms with van der Waals surface area (Å²) in [7, 11) is 0. The Morgan fingerprint density at radius 3 is 2.43 bits per heavy atom. The van der Waals surface area contributed by atoms with Gasteiger partial charge in [-0.05, 0) is 62.4 Å². The van der Waals surface area contributed by atoms with E-state index in [0.29, 0.717) is 6.54 Å². The molecule has 1 aromatic rings. The van der Waals surface area contributed by atoms with Gasteiger partial charge in [0.05, 0.1) is 0 Å². The summed E-state index contributed by atoms with van der Waals surface area (Å²) in [6, 6.07) is 6.59. The van der Waals surface area contributed by atoms with Gasteiger partial charge in [-0.3, -0.25) is 0 Å². The van der Waals surface area contributed by atoms with Crippen LogP contribution in [0.1, 0.15) is 31.2 Å². The van der Waals surface area contributed by atoms with E-state index in [9.17, 15) is 0 Å². The highest BCUT2D eigenvalue weighted by atomic mass is 79.9. The van der Waals surface area contributed by atoms with Crippen LogP contribution in [0.3, 0.4) is 0 Å². The fraction of sp³-hybridized carbons (Fsp3) is 0.647. The van der Waals surface area contributed by atoms with E-state index in [2.05, 4.69) is 43.9 Å². The minimum atomic E-state index is 0.596. The highest BCUT2D eigenvalue weighted by Gasteiger charge is 2.23. The molecule has 2 saturated heterocycles. The third kappa shape index (κ3) is 3.79. The Bertz CT molecular complexity index is 463. The van der Waals surface area contributed by atoms with Gasteiger partial charge in [0, 0.05) is 36.3 Å². The highest BCUT2D eigenvalue weighted by molar-refractivity contribution is 9.10. The number of rotatable bonds is 4. The van der Waals surface area contributed by atoms with E-state index in [1.165, 1.54) is 69.7 Å². The van der Waals surface area contributed by atoms with E-state index >= 15 is 0 Å². The lowest BCUT2D eigenvalue weighted by Gasteiger charge is -2.35. The molecule has 21 heavy (non-hydrogen) atoms. The van der Waals surface area contributed by atoms with Crippen LogP contribution in [0, 0.1) is 5.92 Å². The smallest absolute Gasteiger partial charge is 0.0377 e. The van der Waals surface area contributed by atoms with Crippen molar-refractivity contribution in [1.82, 2.24) is 4.90 Å². The van der Waals surface area contributed by atoms with Crippen molar-refractivity contribution in [3.8, 4) is 0 Å². The maximum atomic E-state index is 5.73. The summed E-state index contributed by atoms with van der Waals surface area (Å²) < 4.78 is 1.14. The van der Waals surface area contributed by atoms with Crippen molar-refractivity contribution in [2.24, 2.45) is 11.7 Å². The predicted octanol–water partition coefficient (Wildman–Crippen LogP) is 3.22. The molecule has 2 N–H and O–H groups in total. The molecule has 3 nitrogen and oxygen atoms in total. The van der Waals surface area contributed by atoms with Crippen LogP contribution in [-0.2, 0) is 6.54 Å². The Morgan fingerprint density at radius 1 is 1.10 bits per heavy atom. The molecular formula is C17H26BrN3. The third-order valence-corrected chi connectivity index (χ3v) is 5.69. The van der Waals surface area contributed by atoms with Gasteiger partial charge in [-0.25, -0.2) is 0 Å². The molecule has 0 unspecified atom stereocenters. The summed E-state index contributed by atoms with van der Waals surface area (Å²) in [5.74, 6) is 0.895. The summed E-state index contributed by atoms with van der Waals surface area (Å²) in [6.45, 7) is 6.95. The molecule has 0 radical (unpaired) electrons. The van der Waals surface area contributed by atoms with E-state index in [1.54, 1.807) is 0 Å². The Kier molecular flexibility index (Phi) is 5.19. The van der Waals surface area contributed by atoms with Crippen LogP contribution >= 0.6 is 15.9 Å². The molecular weight excluding hydrogens is 326 g/mol. The van der Waals surface area contributed by atoms with Gasteiger partial charge in [0.1, 0.15) is 0 Å². The summed E-state index contributed by atoms with van der Waals surface area (Å²) >= 11 is 3.63. The second kappa shape index (κ2) is 7.12. The van der Waals surface area contributed by atoms with Gasteiger partial charge >= 0.3 is 0 Å². The molecule has 116 valence electrons. The number of halogens is 1. The Morgan fingerprint density at radius 2 is 1.81 bits per heavy atom. The van der Waals surface area contributed by atoms with Crippen molar-refractivity contribution in [3.63, 3.8) is 0 Å². The zero-order valence-corrected chi connectivity index (χ0v) is 14.3. The first kappa shape index (κ1) is 15.3. The van der Waals surface area contributed by atoms with Crippen molar-refractivity contribution < 1.29 is 0 Å². The second-order valence-electron chi connectivity index (χ2n) is 6.42. The van der Waals surface area contributed by atoms with E-state index < -0.39 is 0 Å². The highest BCUT2D eigenvalue weighted by Crippen LogP contribution is 2.28. The molecule has 2 heterocycles. The molecule has 0 bridgehead atoms. The van der Waals surface area contributed by atoms with Crippen molar-refractivity contribution in [3.05, 3.63) is 28.2 Å². The molecule has 0 saturated carbocycles. The average Bonchev–Trinajstić information content (AvgIpc) is 3.01. The minimum absolute atomic E-state index is 0.596. The topological polar surface area (TPSA) is 32.5 Å². The third-order valence-electron chi connectivity index (χ3n) is 4.95. The summed E-state index contributed by atoms with van der Waals surface area (Å²) in [5.41, 5.74) is 8.24. The minimum Gasteiger partial charge on any atom is -0.371 e. The Labute approximate surface area is 136 Å². The normalized spacial score (nSPS) is 21.1. The van der Waals surface area contributed by atoms with Crippen LogP contribution in [0.2, 0.25) is 0 Å². The standard InChI is InChI=1S/C17H26BrN3/c18-17-11-16(4-3-15(17)12-19)21-9-5-14(6-10-21)13-20-7-1-2-8-20/h3-4,11,14H,1-2,5-10,12-13,19H2. The molecule has 0 spiro atoms. The lowest BCUT2D eigenvalue weighted by atomic mass is 9.96. The van der Waals surface area contributed by atoms with Crippen LogP contribution in [0.25, 0.3) is 0 Å². The van der Waals surface area contributed by atoms with Gasteiger partial charge in [0.2, 0.25) is 0 Å². The number of benzene rings is 1. The number of hydrogen-bond donors (Lipinski definition) is 1. The van der Waals surface area contributed by atoms with E-state index in [0.717, 1.165) is 10.4 Å². The van der Waals surface area contributed by atoms with Gasteiger partial charge in [0.25, 0.3) is 0 Å². The van der Waals surface area contributed by atoms with Crippen LogP contribution in [0.15, 0.2) is 22.7 Å². The van der Waals surface area contributed by atoms with E-state index in [1.807, 2.05) is 0 Å². The van der Waals surface area contributed by atoms with Crippen molar-refractivity contribution >= 4 is 21.6 Å². The second-order valence-corrected chi connectivity index (χ2v) is 7.27. The SMILES string of the molecule is NCc1ccc(N2CCC(CN3CCCC3)CC2)cc1Br. The first-order valence-electron chi connectivity index (χ1n) is 8.22. The van der Waals surface area contributed by atoms with Crippen LogP contribution in [-0.4, -0.2) is 37.6 Å². The summed E-state index contributed by atoms with van der Waals surface area (Å²) in [6.07, 6.45) is 5.46. The summed E-state index contributed by atoms with van der Waals surface area (Å²) in [4.78, 5) is 5.18. The largest absolute Gasteiger partial charge is 0.371 e. The van der Waals surface area contributed by atoms with Crippen LogP contribution < -0.4 is 10.6 Å². The fourth-order valence-corrected chi connectivity index (χ4v) is 4.13. The molecule has 2 aliphatic rings. The van der Waals surface area contributed by atoms with Gasteiger partial charge in [-0.1, -0.05) is 22.0 Å². The molecule has 4 heteroatoms. The van der Waals surface area contributed by atoms with E-state index in [4.69, 9.17) is 5.73 Å². The molecule has 1 aromatic carbocycles. The predicted molar refractivity (Wildman–Crippen MR) is 92.6 cm³/mol. The number of likely N-dealkylation sites (tertiary alicyclic amines) is 1. The molecule has 0 aromatic heterocycles. The van der Waals surface area contributed by atoms with Gasteiger partial charge in [-0.15, -0.1) is 0 Å². The average molecular weight is 352 g/mol.